The van der Waals surface area contributed by atoms with E-state index in [9.17, 15) is 4.79 Å². The Balaban J connectivity index is 1.32. The SMILES string of the molecule is O=C(CN1CCCC1)N1CCN(c2cc(N3CCCC3)ncn2)CC1. The summed E-state index contributed by atoms with van der Waals surface area (Å²) in [6, 6.07) is 2.10. The van der Waals surface area contributed by atoms with Crippen molar-refractivity contribution in [3.05, 3.63) is 12.4 Å². The molecule has 4 heterocycles. The molecular weight excluding hydrogens is 316 g/mol. The zero-order valence-electron chi connectivity index (χ0n) is 14.9. The smallest absolute Gasteiger partial charge is 0.236 e. The maximum Gasteiger partial charge on any atom is 0.236 e. The van der Waals surface area contributed by atoms with Gasteiger partial charge in [-0.3, -0.25) is 9.69 Å². The monoisotopic (exact) mass is 344 g/mol. The molecule has 7 nitrogen and oxygen atoms in total. The molecule has 3 aliphatic heterocycles. The Labute approximate surface area is 149 Å². The Morgan fingerprint density at radius 3 is 2.00 bits per heavy atom. The van der Waals surface area contributed by atoms with E-state index >= 15 is 0 Å². The third kappa shape index (κ3) is 3.86. The molecule has 3 fully saturated rings. The van der Waals surface area contributed by atoms with Crippen LogP contribution in [0.1, 0.15) is 25.7 Å². The zero-order valence-corrected chi connectivity index (χ0v) is 14.9. The number of nitrogens with zero attached hydrogens (tertiary/aromatic N) is 6. The number of carbonyl (C=O) groups is 1. The van der Waals surface area contributed by atoms with Crippen LogP contribution in [0.15, 0.2) is 12.4 Å². The van der Waals surface area contributed by atoms with Crippen molar-refractivity contribution in [1.29, 1.82) is 0 Å². The van der Waals surface area contributed by atoms with Crippen LogP contribution < -0.4 is 9.80 Å². The van der Waals surface area contributed by atoms with Gasteiger partial charge in [0.25, 0.3) is 0 Å². The quantitative estimate of drug-likeness (QED) is 0.806. The number of anilines is 2. The first kappa shape index (κ1) is 16.6. The summed E-state index contributed by atoms with van der Waals surface area (Å²) >= 11 is 0. The summed E-state index contributed by atoms with van der Waals surface area (Å²) in [6.07, 6.45) is 6.63. The average Bonchev–Trinajstić information content (AvgIpc) is 3.36. The van der Waals surface area contributed by atoms with Crippen molar-refractivity contribution in [2.24, 2.45) is 0 Å². The number of aromatic nitrogens is 2. The third-order valence-corrected chi connectivity index (χ3v) is 5.58. The molecule has 136 valence electrons. The molecule has 0 unspecified atom stereocenters. The molecule has 4 rings (SSSR count). The van der Waals surface area contributed by atoms with Gasteiger partial charge in [0.05, 0.1) is 6.54 Å². The fraction of sp³-hybridized carbons (Fsp3) is 0.722. The molecule has 0 saturated carbocycles. The van der Waals surface area contributed by atoms with Crippen LogP contribution in [0, 0.1) is 0 Å². The van der Waals surface area contributed by atoms with Gasteiger partial charge < -0.3 is 14.7 Å². The second-order valence-corrected chi connectivity index (χ2v) is 7.28. The highest BCUT2D eigenvalue weighted by atomic mass is 16.2. The van der Waals surface area contributed by atoms with Gasteiger partial charge in [0.15, 0.2) is 0 Å². The van der Waals surface area contributed by atoms with Gasteiger partial charge in [-0.25, -0.2) is 9.97 Å². The summed E-state index contributed by atoms with van der Waals surface area (Å²) in [5.74, 6) is 2.31. The molecule has 25 heavy (non-hydrogen) atoms. The lowest BCUT2D eigenvalue weighted by molar-refractivity contribution is -0.132. The van der Waals surface area contributed by atoms with Gasteiger partial charge in [-0.05, 0) is 38.8 Å². The van der Waals surface area contributed by atoms with Crippen LogP contribution >= 0.6 is 0 Å². The minimum absolute atomic E-state index is 0.280. The van der Waals surface area contributed by atoms with E-state index in [2.05, 4.69) is 30.7 Å². The number of amides is 1. The number of piperazine rings is 1. The maximum absolute atomic E-state index is 12.5. The van der Waals surface area contributed by atoms with Crippen LogP contribution in [0.5, 0.6) is 0 Å². The average molecular weight is 344 g/mol. The second-order valence-electron chi connectivity index (χ2n) is 7.28. The molecule has 0 N–H and O–H groups in total. The van der Waals surface area contributed by atoms with Gasteiger partial charge in [0, 0.05) is 45.3 Å². The molecule has 1 aromatic rings. The van der Waals surface area contributed by atoms with Crippen LogP contribution in [0.3, 0.4) is 0 Å². The zero-order chi connectivity index (χ0) is 17.1. The van der Waals surface area contributed by atoms with Gasteiger partial charge in [0.1, 0.15) is 18.0 Å². The number of hydrogen-bond donors (Lipinski definition) is 0. The summed E-state index contributed by atoms with van der Waals surface area (Å²) in [4.78, 5) is 30.3. The molecule has 3 aliphatic rings. The molecule has 0 aliphatic carbocycles. The molecule has 0 radical (unpaired) electrons. The lowest BCUT2D eigenvalue weighted by Crippen LogP contribution is -2.51. The van der Waals surface area contributed by atoms with Crippen LogP contribution in [0.2, 0.25) is 0 Å². The van der Waals surface area contributed by atoms with Crippen LogP contribution in [-0.2, 0) is 4.79 Å². The van der Waals surface area contributed by atoms with E-state index in [1.807, 2.05) is 4.90 Å². The first-order valence-electron chi connectivity index (χ1n) is 9.62. The van der Waals surface area contributed by atoms with Gasteiger partial charge >= 0.3 is 0 Å². The number of rotatable bonds is 4. The first-order valence-corrected chi connectivity index (χ1v) is 9.62. The van der Waals surface area contributed by atoms with Crippen molar-refractivity contribution >= 4 is 17.5 Å². The summed E-state index contributed by atoms with van der Waals surface area (Å²) in [6.45, 7) is 8.20. The lowest BCUT2D eigenvalue weighted by Gasteiger charge is -2.36. The molecule has 0 bridgehead atoms. The van der Waals surface area contributed by atoms with E-state index in [1.165, 1.54) is 25.7 Å². The minimum atomic E-state index is 0.280. The number of carbonyl (C=O) groups excluding carboxylic acids is 1. The summed E-state index contributed by atoms with van der Waals surface area (Å²) < 4.78 is 0. The van der Waals surface area contributed by atoms with Gasteiger partial charge in [-0.2, -0.15) is 0 Å². The standard InChI is InChI=1S/C18H28N6O/c25-18(14-21-5-1-2-6-21)24-11-9-23(10-12-24)17-13-16(19-15-20-17)22-7-3-4-8-22/h13,15H,1-12,14H2. The van der Waals surface area contributed by atoms with Crippen molar-refractivity contribution in [3.63, 3.8) is 0 Å². The maximum atomic E-state index is 12.5. The van der Waals surface area contributed by atoms with E-state index in [1.54, 1.807) is 6.33 Å². The van der Waals surface area contributed by atoms with E-state index in [0.29, 0.717) is 6.54 Å². The van der Waals surface area contributed by atoms with Crippen molar-refractivity contribution < 1.29 is 4.79 Å². The van der Waals surface area contributed by atoms with E-state index in [0.717, 1.165) is 64.0 Å². The Hall–Kier alpha value is -1.89. The van der Waals surface area contributed by atoms with Crippen molar-refractivity contribution in [2.75, 3.05) is 68.7 Å². The summed E-state index contributed by atoms with van der Waals surface area (Å²) in [5, 5.41) is 0. The Morgan fingerprint density at radius 1 is 0.800 bits per heavy atom. The van der Waals surface area contributed by atoms with E-state index < -0.39 is 0 Å². The molecule has 1 amide bonds. The third-order valence-electron chi connectivity index (χ3n) is 5.58. The molecule has 0 aromatic carbocycles. The van der Waals surface area contributed by atoms with E-state index in [4.69, 9.17) is 0 Å². The predicted octanol–water partition coefficient (Wildman–Crippen LogP) is 0.821. The van der Waals surface area contributed by atoms with Crippen molar-refractivity contribution in [3.8, 4) is 0 Å². The van der Waals surface area contributed by atoms with E-state index in [-0.39, 0.29) is 5.91 Å². The van der Waals surface area contributed by atoms with Gasteiger partial charge in [0.2, 0.25) is 5.91 Å². The predicted molar refractivity (Wildman–Crippen MR) is 97.9 cm³/mol. The fourth-order valence-corrected chi connectivity index (χ4v) is 4.05. The van der Waals surface area contributed by atoms with Crippen LogP contribution in [0.25, 0.3) is 0 Å². The normalized spacial score (nSPS) is 22.0. The minimum Gasteiger partial charge on any atom is -0.356 e. The molecular formula is C18H28N6O. The second kappa shape index (κ2) is 7.56. The van der Waals surface area contributed by atoms with Crippen LogP contribution in [-0.4, -0.2) is 84.6 Å². The highest BCUT2D eigenvalue weighted by Gasteiger charge is 2.25. The van der Waals surface area contributed by atoms with Crippen molar-refractivity contribution in [2.45, 2.75) is 25.7 Å². The fourth-order valence-electron chi connectivity index (χ4n) is 4.05. The van der Waals surface area contributed by atoms with Gasteiger partial charge in [-0.15, -0.1) is 0 Å². The Morgan fingerprint density at radius 2 is 1.36 bits per heavy atom. The number of likely N-dealkylation sites (tertiary alicyclic amines) is 1. The highest BCUT2D eigenvalue weighted by molar-refractivity contribution is 5.78. The number of hydrogen-bond acceptors (Lipinski definition) is 6. The molecule has 3 saturated heterocycles. The Bertz CT molecular complexity index is 589. The lowest BCUT2D eigenvalue weighted by atomic mass is 10.3. The molecule has 7 heteroatoms. The summed E-state index contributed by atoms with van der Waals surface area (Å²) in [7, 11) is 0. The molecule has 0 spiro atoms. The Kier molecular flexibility index (Phi) is 5.01. The highest BCUT2D eigenvalue weighted by Crippen LogP contribution is 2.22. The topological polar surface area (TPSA) is 55.8 Å². The van der Waals surface area contributed by atoms with Crippen molar-refractivity contribution in [1.82, 2.24) is 19.8 Å². The molecule has 1 aromatic heterocycles. The van der Waals surface area contributed by atoms with Gasteiger partial charge in [-0.1, -0.05) is 0 Å². The van der Waals surface area contributed by atoms with Crippen LogP contribution in [0.4, 0.5) is 11.6 Å². The summed E-state index contributed by atoms with van der Waals surface area (Å²) in [5.41, 5.74) is 0. The first-order chi connectivity index (χ1) is 12.3. The molecule has 0 atom stereocenters. The largest absolute Gasteiger partial charge is 0.356 e.